The first-order valence-electron chi connectivity index (χ1n) is 6.65. The largest absolute Gasteiger partial charge is 0.444 e. The number of likely N-dealkylation sites (tertiary alicyclic amines) is 1. The Bertz CT molecular complexity index is 321. The molecule has 0 saturated carbocycles. The van der Waals surface area contributed by atoms with Crippen LogP contribution < -0.4 is 5.32 Å². The van der Waals surface area contributed by atoms with Gasteiger partial charge < -0.3 is 15.0 Å². The van der Waals surface area contributed by atoms with E-state index in [4.69, 9.17) is 4.74 Å². The SMILES string of the molecule is CC(C)(C)OC(=O)N1CCC(F)C2(CCNC2)C1. The van der Waals surface area contributed by atoms with Crippen LogP contribution in [0.5, 0.6) is 0 Å². The molecule has 2 unspecified atom stereocenters. The summed E-state index contributed by atoms with van der Waals surface area (Å²) in [6.07, 6.45) is 0.0841. The molecule has 0 aliphatic carbocycles. The third kappa shape index (κ3) is 2.76. The predicted octanol–water partition coefficient (Wildman–Crippen LogP) is 1.95. The molecule has 104 valence electrons. The van der Waals surface area contributed by atoms with Gasteiger partial charge in [-0.2, -0.15) is 0 Å². The lowest BCUT2D eigenvalue weighted by molar-refractivity contribution is -0.0161. The maximum atomic E-state index is 14.1. The van der Waals surface area contributed by atoms with E-state index in [-0.39, 0.29) is 6.09 Å². The molecule has 1 N–H and O–H groups in total. The van der Waals surface area contributed by atoms with Crippen molar-refractivity contribution < 1.29 is 13.9 Å². The summed E-state index contributed by atoms with van der Waals surface area (Å²) >= 11 is 0. The fraction of sp³-hybridized carbons (Fsp3) is 0.923. The highest BCUT2D eigenvalue weighted by atomic mass is 19.1. The van der Waals surface area contributed by atoms with E-state index in [9.17, 15) is 9.18 Å². The molecule has 2 rings (SSSR count). The lowest BCUT2D eigenvalue weighted by atomic mass is 9.77. The predicted molar refractivity (Wildman–Crippen MR) is 67.2 cm³/mol. The van der Waals surface area contributed by atoms with Gasteiger partial charge in [-0.1, -0.05) is 0 Å². The monoisotopic (exact) mass is 258 g/mol. The molecule has 2 atom stereocenters. The minimum Gasteiger partial charge on any atom is -0.444 e. The van der Waals surface area contributed by atoms with Gasteiger partial charge in [0.05, 0.1) is 0 Å². The van der Waals surface area contributed by atoms with E-state index >= 15 is 0 Å². The Morgan fingerprint density at radius 2 is 2.22 bits per heavy atom. The summed E-state index contributed by atoms with van der Waals surface area (Å²) in [5.74, 6) is 0. The number of piperidine rings is 1. The number of rotatable bonds is 0. The first-order chi connectivity index (χ1) is 8.32. The third-order valence-electron chi connectivity index (χ3n) is 3.75. The van der Waals surface area contributed by atoms with Crippen molar-refractivity contribution in [3.8, 4) is 0 Å². The molecule has 1 amide bonds. The molecule has 0 aromatic heterocycles. The van der Waals surface area contributed by atoms with Crippen molar-refractivity contribution in [1.82, 2.24) is 10.2 Å². The second-order valence-electron chi connectivity index (χ2n) is 6.45. The zero-order valence-electron chi connectivity index (χ0n) is 11.5. The summed E-state index contributed by atoms with van der Waals surface area (Å²) in [4.78, 5) is 13.7. The van der Waals surface area contributed by atoms with Crippen LogP contribution in [0.4, 0.5) is 9.18 Å². The van der Waals surface area contributed by atoms with Crippen LogP contribution in [-0.4, -0.2) is 48.9 Å². The fourth-order valence-corrected chi connectivity index (χ4v) is 2.78. The molecule has 2 heterocycles. The highest BCUT2D eigenvalue weighted by Crippen LogP contribution is 2.38. The maximum Gasteiger partial charge on any atom is 0.410 e. The fourth-order valence-electron chi connectivity index (χ4n) is 2.78. The number of nitrogens with one attached hydrogen (secondary N) is 1. The van der Waals surface area contributed by atoms with E-state index in [2.05, 4.69) is 5.32 Å². The Morgan fingerprint density at radius 1 is 1.50 bits per heavy atom. The minimum atomic E-state index is -0.814. The molecule has 0 radical (unpaired) electrons. The molecule has 18 heavy (non-hydrogen) atoms. The van der Waals surface area contributed by atoms with Gasteiger partial charge >= 0.3 is 6.09 Å². The van der Waals surface area contributed by atoms with Crippen molar-refractivity contribution in [2.75, 3.05) is 26.2 Å². The van der Waals surface area contributed by atoms with E-state index in [0.29, 0.717) is 26.1 Å². The van der Waals surface area contributed by atoms with Crippen LogP contribution >= 0.6 is 0 Å². The van der Waals surface area contributed by atoms with Gasteiger partial charge in [-0.3, -0.25) is 0 Å². The van der Waals surface area contributed by atoms with Crippen LogP contribution in [0, 0.1) is 5.41 Å². The number of hydrogen-bond acceptors (Lipinski definition) is 3. The number of nitrogens with zero attached hydrogens (tertiary/aromatic N) is 1. The summed E-state index contributed by atoms with van der Waals surface area (Å²) < 4.78 is 19.5. The molecule has 0 bridgehead atoms. The minimum absolute atomic E-state index is 0.319. The van der Waals surface area contributed by atoms with E-state index in [1.807, 2.05) is 20.8 Å². The average molecular weight is 258 g/mol. The van der Waals surface area contributed by atoms with E-state index < -0.39 is 17.2 Å². The van der Waals surface area contributed by atoms with Gasteiger partial charge in [0.1, 0.15) is 11.8 Å². The molecule has 2 saturated heterocycles. The van der Waals surface area contributed by atoms with Crippen LogP contribution in [0.3, 0.4) is 0 Å². The quantitative estimate of drug-likeness (QED) is 0.722. The summed E-state index contributed by atoms with van der Waals surface area (Å²) in [6.45, 7) is 7.96. The highest BCUT2D eigenvalue weighted by Gasteiger charge is 2.47. The van der Waals surface area contributed by atoms with Crippen molar-refractivity contribution in [2.24, 2.45) is 5.41 Å². The summed E-state index contributed by atoms with van der Waals surface area (Å²) in [5.41, 5.74) is -0.889. The Balaban J connectivity index is 2.01. The van der Waals surface area contributed by atoms with Crippen molar-refractivity contribution in [2.45, 2.75) is 45.4 Å². The van der Waals surface area contributed by atoms with Gasteiger partial charge in [0.25, 0.3) is 0 Å². The van der Waals surface area contributed by atoms with E-state index in [1.54, 1.807) is 4.90 Å². The number of amides is 1. The van der Waals surface area contributed by atoms with E-state index in [0.717, 1.165) is 13.0 Å². The summed E-state index contributed by atoms with van der Waals surface area (Å²) in [5, 5.41) is 3.20. The highest BCUT2D eigenvalue weighted by molar-refractivity contribution is 5.68. The van der Waals surface area contributed by atoms with Gasteiger partial charge in [0.2, 0.25) is 0 Å². The van der Waals surface area contributed by atoms with Crippen LogP contribution in [0.1, 0.15) is 33.6 Å². The summed E-state index contributed by atoms with van der Waals surface area (Å²) in [7, 11) is 0. The molecule has 2 aliphatic heterocycles. The lowest BCUT2D eigenvalue weighted by Crippen LogP contribution is -2.53. The Kier molecular flexibility index (Phi) is 3.54. The zero-order chi connectivity index (χ0) is 13.4. The van der Waals surface area contributed by atoms with Gasteiger partial charge in [-0.15, -0.1) is 0 Å². The first kappa shape index (κ1) is 13.6. The Hall–Kier alpha value is -0.840. The van der Waals surface area contributed by atoms with Crippen molar-refractivity contribution in [3.63, 3.8) is 0 Å². The summed E-state index contributed by atoms with van der Waals surface area (Å²) in [6, 6.07) is 0. The van der Waals surface area contributed by atoms with E-state index in [1.165, 1.54) is 0 Å². The molecule has 4 nitrogen and oxygen atoms in total. The molecule has 5 heteroatoms. The number of alkyl halides is 1. The normalized spacial score (nSPS) is 32.9. The van der Waals surface area contributed by atoms with Gasteiger partial charge in [0.15, 0.2) is 0 Å². The van der Waals surface area contributed by atoms with Crippen LogP contribution in [0.25, 0.3) is 0 Å². The second kappa shape index (κ2) is 4.68. The first-order valence-corrected chi connectivity index (χ1v) is 6.65. The molecule has 0 aromatic rings. The zero-order valence-corrected chi connectivity index (χ0v) is 11.5. The standard InChI is InChI=1S/C13H23FN2O2/c1-12(2,3)18-11(17)16-7-4-10(14)13(9-16)5-6-15-8-13/h10,15H,4-9H2,1-3H3. The average Bonchev–Trinajstić information content (AvgIpc) is 2.69. The third-order valence-corrected chi connectivity index (χ3v) is 3.75. The van der Waals surface area contributed by atoms with Crippen LogP contribution in [0.2, 0.25) is 0 Å². The van der Waals surface area contributed by atoms with Crippen LogP contribution in [-0.2, 0) is 4.74 Å². The topological polar surface area (TPSA) is 41.6 Å². The molecular formula is C13H23FN2O2. The van der Waals surface area contributed by atoms with Crippen LogP contribution in [0.15, 0.2) is 0 Å². The number of halogens is 1. The number of carbonyl (C=O) groups is 1. The van der Waals surface area contributed by atoms with Crippen molar-refractivity contribution in [3.05, 3.63) is 0 Å². The lowest BCUT2D eigenvalue weighted by Gasteiger charge is -2.42. The van der Waals surface area contributed by atoms with Gasteiger partial charge in [0, 0.05) is 25.0 Å². The van der Waals surface area contributed by atoms with Crippen molar-refractivity contribution in [1.29, 1.82) is 0 Å². The molecule has 0 aromatic carbocycles. The molecule has 2 fully saturated rings. The van der Waals surface area contributed by atoms with Gasteiger partial charge in [-0.05, 0) is 40.2 Å². The Morgan fingerprint density at radius 3 is 2.78 bits per heavy atom. The number of ether oxygens (including phenoxy) is 1. The molecule has 1 spiro atoms. The maximum absolute atomic E-state index is 14.1. The number of hydrogen-bond donors (Lipinski definition) is 1. The molecule has 2 aliphatic rings. The second-order valence-corrected chi connectivity index (χ2v) is 6.45. The number of carbonyl (C=O) groups excluding carboxylic acids is 1. The van der Waals surface area contributed by atoms with Gasteiger partial charge in [-0.25, -0.2) is 9.18 Å². The Labute approximate surface area is 108 Å². The molecular weight excluding hydrogens is 235 g/mol. The van der Waals surface area contributed by atoms with Crippen molar-refractivity contribution >= 4 is 6.09 Å². The smallest absolute Gasteiger partial charge is 0.410 e.